The molecule has 2 saturated heterocycles. The Morgan fingerprint density at radius 1 is 1.27 bits per heavy atom. The zero-order chi connectivity index (χ0) is 20.3. The Kier molecular flexibility index (Phi) is 12.0. The number of guanidine groups is 1. The van der Waals surface area contributed by atoms with Gasteiger partial charge in [-0.1, -0.05) is 30.3 Å². The normalized spacial score (nSPS) is 25.0. The lowest BCUT2D eigenvalue weighted by atomic mass is 9.97. The molecule has 0 radical (unpaired) electrons. The Bertz CT molecular complexity index is 610. The Hall–Kier alpha value is -0.900. The van der Waals surface area contributed by atoms with E-state index in [1.165, 1.54) is 12.0 Å². The number of benzene rings is 1. The molecule has 2 aliphatic rings. The number of hydrogen-bond acceptors (Lipinski definition) is 4. The average Bonchev–Trinajstić information content (AvgIpc) is 3.26. The molecule has 170 valence electrons. The number of piperidine rings is 1. The third-order valence-corrected chi connectivity index (χ3v) is 5.89. The van der Waals surface area contributed by atoms with E-state index in [2.05, 4.69) is 57.8 Å². The van der Waals surface area contributed by atoms with Crippen LogP contribution in [0.4, 0.5) is 0 Å². The molecule has 3 rings (SSSR count). The first-order chi connectivity index (χ1) is 14.2. The molecule has 1 aromatic carbocycles. The molecule has 3 atom stereocenters. The maximum atomic E-state index is 5.73. The first-order valence-corrected chi connectivity index (χ1v) is 11.2. The molecular weight excluding hydrogens is 491 g/mol. The number of aliphatic imine (C=N–C) groups is 1. The summed E-state index contributed by atoms with van der Waals surface area (Å²) in [5, 5.41) is 7.03. The monoisotopic (exact) mass is 530 g/mol. The lowest BCUT2D eigenvalue weighted by molar-refractivity contribution is 0.0168. The van der Waals surface area contributed by atoms with Gasteiger partial charge in [-0.05, 0) is 44.6 Å². The van der Waals surface area contributed by atoms with Gasteiger partial charge in [0.25, 0.3) is 0 Å². The van der Waals surface area contributed by atoms with Crippen molar-refractivity contribution >= 4 is 29.9 Å². The summed E-state index contributed by atoms with van der Waals surface area (Å²) in [5.41, 5.74) is 1.39. The molecule has 0 amide bonds. The Morgan fingerprint density at radius 2 is 2.10 bits per heavy atom. The molecular formula is C23H39IN4O2. The quantitative estimate of drug-likeness (QED) is 0.222. The van der Waals surface area contributed by atoms with E-state index in [1.807, 2.05) is 7.05 Å². The molecule has 0 bridgehead atoms. The van der Waals surface area contributed by atoms with Gasteiger partial charge in [-0.3, -0.25) is 9.89 Å². The van der Waals surface area contributed by atoms with Gasteiger partial charge in [0.15, 0.2) is 5.96 Å². The summed E-state index contributed by atoms with van der Waals surface area (Å²) >= 11 is 0. The third-order valence-electron chi connectivity index (χ3n) is 5.89. The van der Waals surface area contributed by atoms with Crippen molar-refractivity contribution in [3.8, 4) is 0 Å². The van der Waals surface area contributed by atoms with Crippen molar-refractivity contribution in [2.75, 3.05) is 40.0 Å². The van der Waals surface area contributed by atoms with Crippen LogP contribution in [0.2, 0.25) is 0 Å². The number of hydrogen-bond donors (Lipinski definition) is 2. The number of rotatable bonds is 9. The van der Waals surface area contributed by atoms with Gasteiger partial charge in [0, 0.05) is 52.0 Å². The third kappa shape index (κ3) is 8.69. The first kappa shape index (κ1) is 25.4. The fourth-order valence-electron chi connectivity index (χ4n) is 4.16. The van der Waals surface area contributed by atoms with Crippen LogP contribution >= 0.6 is 24.0 Å². The van der Waals surface area contributed by atoms with Gasteiger partial charge in [0.2, 0.25) is 0 Å². The first-order valence-electron chi connectivity index (χ1n) is 11.2. The fraction of sp³-hybridized carbons (Fsp3) is 0.696. The smallest absolute Gasteiger partial charge is 0.191 e. The number of likely N-dealkylation sites (tertiary alicyclic amines) is 1. The zero-order valence-electron chi connectivity index (χ0n) is 18.5. The van der Waals surface area contributed by atoms with Gasteiger partial charge in [-0.15, -0.1) is 24.0 Å². The van der Waals surface area contributed by atoms with E-state index in [0.717, 1.165) is 71.1 Å². The summed E-state index contributed by atoms with van der Waals surface area (Å²) in [6.45, 7) is 7.73. The molecule has 0 aromatic heterocycles. The largest absolute Gasteiger partial charge is 0.379 e. The minimum Gasteiger partial charge on any atom is -0.379 e. The molecule has 2 fully saturated rings. The standard InChI is InChI=1S/C23H38N4O2.HI/c1-19-16-21(11-13-27(19)17-20-8-4-3-5-9-20)26-23(24-2)25-12-7-14-28-18-22-10-6-15-29-22;/h3-5,8-9,19,21-22H,6-7,10-18H2,1-2H3,(H2,24,25,26);1H. The van der Waals surface area contributed by atoms with Crippen molar-refractivity contribution in [3.63, 3.8) is 0 Å². The highest BCUT2D eigenvalue weighted by Gasteiger charge is 2.25. The predicted molar refractivity (Wildman–Crippen MR) is 134 cm³/mol. The Labute approximate surface area is 199 Å². The van der Waals surface area contributed by atoms with Crippen LogP contribution in [0, 0.1) is 0 Å². The molecule has 2 heterocycles. The predicted octanol–water partition coefficient (Wildman–Crippen LogP) is 3.41. The van der Waals surface area contributed by atoms with Crippen LogP contribution in [0.3, 0.4) is 0 Å². The van der Waals surface area contributed by atoms with E-state index in [-0.39, 0.29) is 24.0 Å². The van der Waals surface area contributed by atoms with Gasteiger partial charge in [0.1, 0.15) is 0 Å². The van der Waals surface area contributed by atoms with Crippen molar-refractivity contribution in [3.05, 3.63) is 35.9 Å². The molecule has 3 unspecified atom stereocenters. The van der Waals surface area contributed by atoms with Crippen LogP contribution in [-0.4, -0.2) is 69.0 Å². The maximum absolute atomic E-state index is 5.73. The number of halogens is 1. The van der Waals surface area contributed by atoms with Gasteiger partial charge in [0.05, 0.1) is 12.7 Å². The van der Waals surface area contributed by atoms with Crippen molar-refractivity contribution in [2.24, 2.45) is 4.99 Å². The van der Waals surface area contributed by atoms with E-state index in [9.17, 15) is 0 Å². The summed E-state index contributed by atoms with van der Waals surface area (Å²) in [5.74, 6) is 0.901. The minimum absolute atomic E-state index is 0. The van der Waals surface area contributed by atoms with Crippen LogP contribution in [0.1, 0.15) is 44.6 Å². The van der Waals surface area contributed by atoms with Gasteiger partial charge >= 0.3 is 0 Å². The molecule has 6 nitrogen and oxygen atoms in total. The Balaban J connectivity index is 0.00000320. The lowest BCUT2D eigenvalue weighted by Crippen LogP contribution is -2.51. The van der Waals surface area contributed by atoms with Crippen LogP contribution in [0.5, 0.6) is 0 Å². The average molecular weight is 530 g/mol. The zero-order valence-corrected chi connectivity index (χ0v) is 20.8. The van der Waals surface area contributed by atoms with E-state index in [1.54, 1.807) is 0 Å². The van der Waals surface area contributed by atoms with Crippen LogP contribution in [-0.2, 0) is 16.0 Å². The summed E-state index contributed by atoms with van der Waals surface area (Å²) in [4.78, 5) is 6.97. The molecule has 7 heteroatoms. The van der Waals surface area contributed by atoms with Crippen LogP contribution in [0.25, 0.3) is 0 Å². The molecule has 0 aliphatic carbocycles. The second kappa shape index (κ2) is 14.2. The molecule has 1 aromatic rings. The van der Waals surface area contributed by atoms with E-state index >= 15 is 0 Å². The number of nitrogens with one attached hydrogen (secondary N) is 2. The molecule has 2 aliphatic heterocycles. The fourth-order valence-corrected chi connectivity index (χ4v) is 4.16. The van der Waals surface area contributed by atoms with Crippen LogP contribution < -0.4 is 10.6 Å². The second-order valence-corrected chi connectivity index (χ2v) is 8.23. The van der Waals surface area contributed by atoms with Gasteiger partial charge < -0.3 is 20.1 Å². The van der Waals surface area contributed by atoms with E-state index < -0.39 is 0 Å². The SMILES string of the molecule is CN=C(NCCCOCC1CCCO1)NC1CCN(Cc2ccccc2)C(C)C1.I. The highest BCUT2D eigenvalue weighted by atomic mass is 127. The summed E-state index contributed by atoms with van der Waals surface area (Å²) in [6.07, 6.45) is 5.87. The Morgan fingerprint density at radius 3 is 2.80 bits per heavy atom. The van der Waals surface area contributed by atoms with E-state index in [0.29, 0.717) is 18.2 Å². The highest BCUT2D eigenvalue weighted by Crippen LogP contribution is 2.20. The molecule has 30 heavy (non-hydrogen) atoms. The molecule has 0 saturated carbocycles. The van der Waals surface area contributed by atoms with E-state index in [4.69, 9.17) is 9.47 Å². The van der Waals surface area contributed by atoms with Crippen LogP contribution in [0.15, 0.2) is 35.3 Å². The lowest BCUT2D eigenvalue weighted by Gasteiger charge is -2.38. The summed E-state index contributed by atoms with van der Waals surface area (Å²) < 4.78 is 11.3. The summed E-state index contributed by atoms with van der Waals surface area (Å²) in [7, 11) is 1.84. The van der Waals surface area contributed by atoms with Crippen molar-refractivity contribution < 1.29 is 9.47 Å². The van der Waals surface area contributed by atoms with Crippen molar-refractivity contribution in [1.29, 1.82) is 0 Å². The van der Waals surface area contributed by atoms with Gasteiger partial charge in [-0.2, -0.15) is 0 Å². The van der Waals surface area contributed by atoms with Crippen molar-refractivity contribution in [1.82, 2.24) is 15.5 Å². The number of nitrogens with zero attached hydrogens (tertiary/aromatic N) is 2. The second-order valence-electron chi connectivity index (χ2n) is 8.23. The summed E-state index contributed by atoms with van der Waals surface area (Å²) in [6, 6.07) is 11.8. The topological polar surface area (TPSA) is 58.1 Å². The highest BCUT2D eigenvalue weighted by molar-refractivity contribution is 14.0. The molecule has 2 N–H and O–H groups in total. The van der Waals surface area contributed by atoms with Crippen molar-refractivity contribution in [2.45, 2.75) is 63.8 Å². The molecule has 0 spiro atoms. The maximum Gasteiger partial charge on any atom is 0.191 e. The van der Waals surface area contributed by atoms with Gasteiger partial charge in [-0.25, -0.2) is 0 Å². The number of ether oxygens (including phenoxy) is 2. The minimum atomic E-state index is 0.